The van der Waals surface area contributed by atoms with Gasteiger partial charge in [0.05, 0.1) is 0 Å². The number of ketones is 1. The predicted octanol–water partition coefficient (Wildman–Crippen LogP) is 2.63. The van der Waals surface area contributed by atoms with Crippen LogP contribution in [-0.2, 0) is 17.8 Å². The largest absolute Gasteiger partial charge is 0.366 e. The van der Waals surface area contributed by atoms with E-state index in [0.29, 0.717) is 17.7 Å². The number of nitrogens with one attached hydrogen (secondary N) is 1. The quantitative estimate of drug-likeness (QED) is 0.725. The number of amides is 2. The van der Waals surface area contributed by atoms with Crippen molar-refractivity contribution in [2.24, 2.45) is 5.73 Å². The van der Waals surface area contributed by atoms with Crippen LogP contribution in [0.2, 0.25) is 0 Å². The first-order valence-corrected chi connectivity index (χ1v) is 8.27. The summed E-state index contributed by atoms with van der Waals surface area (Å²) in [5, 5.41) is 2.75. The fourth-order valence-electron chi connectivity index (χ4n) is 2.42. The summed E-state index contributed by atoms with van der Waals surface area (Å²) < 4.78 is 0. The summed E-state index contributed by atoms with van der Waals surface area (Å²) >= 11 is 0. The normalized spacial score (nSPS) is 10.3. The lowest BCUT2D eigenvalue weighted by Gasteiger charge is -2.06. The molecule has 0 unspecified atom stereocenters. The molecule has 0 heterocycles. The van der Waals surface area contributed by atoms with E-state index in [0.717, 1.165) is 12.0 Å². The van der Waals surface area contributed by atoms with Crippen molar-refractivity contribution in [1.29, 1.82) is 0 Å². The second-order valence-electron chi connectivity index (χ2n) is 5.82. The van der Waals surface area contributed by atoms with Gasteiger partial charge in [0.15, 0.2) is 5.78 Å². The number of hydrogen-bond donors (Lipinski definition) is 2. The van der Waals surface area contributed by atoms with Gasteiger partial charge >= 0.3 is 0 Å². The first kappa shape index (κ1) is 18.4. The number of rotatable bonds is 8. The summed E-state index contributed by atoms with van der Waals surface area (Å²) in [6, 6.07) is 14.2. The van der Waals surface area contributed by atoms with E-state index in [1.807, 2.05) is 12.1 Å². The van der Waals surface area contributed by atoms with Gasteiger partial charge in [-0.25, -0.2) is 0 Å². The van der Waals surface area contributed by atoms with Crippen molar-refractivity contribution in [3.63, 3.8) is 0 Å². The van der Waals surface area contributed by atoms with E-state index >= 15 is 0 Å². The van der Waals surface area contributed by atoms with Crippen LogP contribution in [0.15, 0.2) is 48.5 Å². The van der Waals surface area contributed by atoms with Crippen molar-refractivity contribution >= 4 is 17.6 Å². The van der Waals surface area contributed by atoms with Gasteiger partial charge in [-0.3, -0.25) is 14.4 Å². The second kappa shape index (κ2) is 8.78. The number of aryl methyl sites for hydroxylation is 1. The Balaban J connectivity index is 1.81. The number of nitrogens with two attached hydrogens (primary N) is 1. The highest BCUT2D eigenvalue weighted by molar-refractivity contribution is 5.98. The first-order valence-electron chi connectivity index (χ1n) is 8.27. The first-order chi connectivity index (χ1) is 12.0. The molecule has 5 heteroatoms. The number of hydrogen-bond acceptors (Lipinski definition) is 3. The molecular weight excluding hydrogens is 316 g/mol. The standard InChI is InChI=1S/C20H22N2O3/c1-2-14-6-8-16(9-7-14)18(23)10-11-19(24)22-13-15-4-3-5-17(12-15)20(21)25/h3-9,12H,2,10-11,13H2,1H3,(H2,21,25)(H,22,24). The predicted molar refractivity (Wildman–Crippen MR) is 96.2 cm³/mol. The van der Waals surface area contributed by atoms with Crippen LogP contribution in [0.25, 0.3) is 0 Å². The molecule has 5 nitrogen and oxygen atoms in total. The van der Waals surface area contributed by atoms with Crippen molar-refractivity contribution in [2.75, 3.05) is 0 Å². The lowest BCUT2D eigenvalue weighted by atomic mass is 10.0. The third-order valence-electron chi connectivity index (χ3n) is 3.96. The average molecular weight is 338 g/mol. The summed E-state index contributed by atoms with van der Waals surface area (Å²) in [6.45, 7) is 2.35. The lowest BCUT2D eigenvalue weighted by molar-refractivity contribution is -0.121. The second-order valence-corrected chi connectivity index (χ2v) is 5.82. The summed E-state index contributed by atoms with van der Waals surface area (Å²) in [7, 11) is 0. The molecule has 0 saturated heterocycles. The SMILES string of the molecule is CCc1ccc(C(=O)CCC(=O)NCc2cccc(C(N)=O)c2)cc1. The highest BCUT2D eigenvalue weighted by Crippen LogP contribution is 2.09. The molecule has 0 radical (unpaired) electrons. The van der Waals surface area contributed by atoms with Crippen LogP contribution in [0, 0.1) is 0 Å². The van der Waals surface area contributed by atoms with E-state index in [4.69, 9.17) is 5.73 Å². The van der Waals surface area contributed by atoms with Crippen molar-refractivity contribution in [3.8, 4) is 0 Å². The number of carbonyl (C=O) groups excluding carboxylic acids is 3. The maximum atomic E-state index is 12.1. The summed E-state index contributed by atoms with van der Waals surface area (Å²) in [5.41, 5.74) is 8.21. The van der Waals surface area contributed by atoms with E-state index in [1.165, 1.54) is 5.56 Å². The Kier molecular flexibility index (Phi) is 6.46. The molecule has 2 rings (SSSR count). The molecule has 2 aromatic carbocycles. The molecular formula is C20H22N2O3. The molecule has 2 aromatic rings. The third kappa shape index (κ3) is 5.57. The molecule has 0 aromatic heterocycles. The average Bonchev–Trinajstić information content (AvgIpc) is 2.64. The summed E-state index contributed by atoms with van der Waals surface area (Å²) in [4.78, 5) is 35.2. The highest BCUT2D eigenvalue weighted by atomic mass is 16.2. The van der Waals surface area contributed by atoms with Gasteiger partial charge < -0.3 is 11.1 Å². The van der Waals surface area contributed by atoms with Gasteiger partial charge in [0.1, 0.15) is 0 Å². The zero-order chi connectivity index (χ0) is 18.2. The van der Waals surface area contributed by atoms with E-state index in [9.17, 15) is 14.4 Å². The Morgan fingerprint density at radius 3 is 2.28 bits per heavy atom. The topological polar surface area (TPSA) is 89.3 Å². The number of benzene rings is 2. The van der Waals surface area contributed by atoms with Gasteiger partial charge in [0.2, 0.25) is 11.8 Å². The van der Waals surface area contributed by atoms with Gasteiger partial charge in [-0.05, 0) is 29.7 Å². The van der Waals surface area contributed by atoms with Crippen LogP contribution in [0.1, 0.15) is 51.6 Å². The van der Waals surface area contributed by atoms with Crippen LogP contribution in [0.4, 0.5) is 0 Å². The monoisotopic (exact) mass is 338 g/mol. The Morgan fingerprint density at radius 2 is 1.64 bits per heavy atom. The van der Waals surface area contributed by atoms with Crippen LogP contribution in [-0.4, -0.2) is 17.6 Å². The zero-order valence-corrected chi connectivity index (χ0v) is 14.2. The molecule has 0 aliphatic rings. The molecule has 130 valence electrons. The van der Waals surface area contributed by atoms with Gasteiger partial charge in [-0.15, -0.1) is 0 Å². The van der Waals surface area contributed by atoms with Crippen LogP contribution in [0.5, 0.6) is 0 Å². The molecule has 25 heavy (non-hydrogen) atoms. The van der Waals surface area contributed by atoms with E-state index in [1.54, 1.807) is 36.4 Å². The Hall–Kier alpha value is -2.95. The number of primary amides is 1. The van der Waals surface area contributed by atoms with Crippen LogP contribution < -0.4 is 11.1 Å². The fraction of sp³-hybridized carbons (Fsp3) is 0.250. The Bertz CT molecular complexity index is 767. The minimum Gasteiger partial charge on any atom is -0.366 e. The molecule has 0 aliphatic heterocycles. The van der Waals surface area contributed by atoms with Crippen molar-refractivity contribution < 1.29 is 14.4 Å². The molecule has 3 N–H and O–H groups in total. The van der Waals surface area contributed by atoms with E-state index in [-0.39, 0.29) is 24.5 Å². The maximum Gasteiger partial charge on any atom is 0.248 e. The third-order valence-corrected chi connectivity index (χ3v) is 3.96. The van der Waals surface area contributed by atoms with Gasteiger partial charge in [-0.2, -0.15) is 0 Å². The van der Waals surface area contributed by atoms with Crippen molar-refractivity contribution in [2.45, 2.75) is 32.7 Å². The smallest absolute Gasteiger partial charge is 0.248 e. The van der Waals surface area contributed by atoms with Crippen LogP contribution >= 0.6 is 0 Å². The number of Topliss-reactive ketones (excluding diaryl/α,β-unsaturated/α-hetero) is 1. The van der Waals surface area contributed by atoms with Gasteiger partial charge in [0.25, 0.3) is 0 Å². The number of carbonyl (C=O) groups is 3. The zero-order valence-electron chi connectivity index (χ0n) is 14.2. The molecule has 2 amide bonds. The molecule has 0 bridgehead atoms. The molecule has 0 atom stereocenters. The van der Waals surface area contributed by atoms with Gasteiger partial charge in [-0.1, -0.05) is 43.3 Å². The van der Waals surface area contributed by atoms with Crippen LogP contribution in [0.3, 0.4) is 0 Å². The minimum absolute atomic E-state index is 0.0477. The molecule has 0 saturated carbocycles. The van der Waals surface area contributed by atoms with Gasteiger partial charge in [0, 0.05) is 30.5 Å². The summed E-state index contributed by atoms with van der Waals surface area (Å²) in [5.74, 6) is -0.760. The maximum absolute atomic E-state index is 12.1. The molecule has 0 fully saturated rings. The summed E-state index contributed by atoms with van der Waals surface area (Å²) in [6.07, 6.45) is 1.22. The van der Waals surface area contributed by atoms with Crippen molar-refractivity contribution in [1.82, 2.24) is 5.32 Å². The lowest BCUT2D eigenvalue weighted by Crippen LogP contribution is -2.23. The van der Waals surface area contributed by atoms with E-state index < -0.39 is 5.91 Å². The molecule has 0 spiro atoms. The Morgan fingerprint density at radius 1 is 0.920 bits per heavy atom. The fourth-order valence-corrected chi connectivity index (χ4v) is 2.42. The molecule has 0 aliphatic carbocycles. The Labute approximate surface area is 147 Å². The van der Waals surface area contributed by atoms with Crippen molar-refractivity contribution in [3.05, 3.63) is 70.8 Å². The minimum atomic E-state index is -0.507. The van der Waals surface area contributed by atoms with E-state index in [2.05, 4.69) is 12.2 Å². The highest BCUT2D eigenvalue weighted by Gasteiger charge is 2.09.